The second kappa shape index (κ2) is 4.95. The molecule has 0 saturated carbocycles. The molecule has 0 spiro atoms. The van der Waals surface area contributed by atoms with Crippen molar-refractivity contribution >= 4 is 17.3 Å². The van der Waals surface area contributed by atoms with E-state index >= 15 is 0 Å². The van der Waals surface area contributed by atoms with Crippen LogP contribution < -0.4 is 0 Å². The van der Waals surface area contributed by atoms with Crippen molar-refractivity contribution in [1.29, 1.82) is 0 Å². The maximum absolute atomic E-state index is 11.4. The maximum atomic E-state index is 11.4. The number of carbonyl (C=O) groups is 1. The topological polar surface area (TPSA) is 67.5 Å². The Labute approximate surface area is 100 Å². The summed E-state index contributed by atoms with van der Waals surface area (Å²) < 4.78 is 1.63. The highest BCUT2D eigenvalue weighted by Gasteiger charge is 2.12. The molecule has 17 heavy (non-hydrogen) atoms. The van der Waals surface area contributed by atoms with Crippen LogP contribution in [0, 0.1) is 6.92 Å². The van der Waals surface area contributed by atoms with E-state index in [9.17, 15) is 9.90 Å². The van der Waals surface area contributed by atoms with E-state index in [2.05, 4.69) is 10.1 Å². The Bertz CT molecular complexity index is 506. The van der Waals surface area contributed by atoms with Gasteiger partial charge in [0.15, 0.2) is 11.6 Å². The van der Waals surface area contributed by atoms with Crippen LogP contribution in [0.25, 0.3) is 0 Å². The second-order valence-corrected chi connectivity index (χ2v) is 3.98. The summed E-state index contributed by atoms with van der Waals surface area (Å²) in [5.74, 6) is 0.433. The van der Waals surface area contributed by atoms with Gasteiger partial charge < -0.3 is 5.11 Å². The highest BCUT2D eigenvalue weighted by atomic mass is 16.3. The minimum Gasteiger partial charge on any atom is -0.512 e. The molecule has 1 rings (SSSR count). The fraction of sp³-hybridized carbons (Fsp3) is 0.417. The summed E-state index contributed by atoms with van der Waals surface area (Å²) in [6.07, 6.45) is 0. The van der Waals surface area contributed by atoms with Gasteiger partial charge in [-0.1, -0.05) is 0 Å². The Balaban J connectivity index is 3.21. The predicted octanol–water partition coefficient (Wildman–Crippen LogP) is 2.24. The fourth-order valence-electron chi connectivity index (χ4n) is 1.70. The molecule has 0 aliphatic heterocycles. The molecule has 5 heteroatoms. The number of aliphatic hydroxyl groups is 1. The first kappa shape index (κ1) is 13.2. The van der Waals surface area contributed by atoms with E-state index in [0.717, 1.165) is 5.69 Å². The minimum absolute atomic E-state index is 0.0161. The van der Waals surface area contributed by atoms with Crippen LogP contribution in [0.2, 0.25) is 0 Å². The Morgan fingerprint density at radius 1 is 1.41 bits per heavy atom. The van der Waals surface area contributed by atoms with Crippen molar-refractivity contribution in [2.24, 2.45) is 12.0 Å². The van der Waals surface area contributed by atoms with Crippen molar-refractivity contribution in [3.63, 3.8) is 0 Å². The summed E-state index contributed by atoms with van der Waals surface area (Å²) in [6, 6.07) is 1.81. The lowest BCUT2D eigenvalue weighted by molar-refractivity contribution is -0.113. The summed E-state index contributed by atoms with van der Waals surface area (Å²) in [4.78, 5) is 15.7. The molecule has 0 aliphatic carbocycles. The molecule has 0 amide bonds. The second-order valence-electron chi connectivity index (χ2n) is 3.98. The number of aryl methyl sites for hydroxylation is 2. The third-order valence-electron chi connectivity index (χ3n) is 2.34. The van der Waals surface area contributed by atoms with Crippen LogP contribution >= 0.6 is 0 Å². The summed E-state index contributed by atoms with van der Waals surface area (Å²) in [6.45, 7) is 6.44. The van der Waals surface area contributed by atoms with Crippen molar-refractivity contribution in [2.75, 3.05) is 0 Å². The largest absolute Gasteiger partial charge is 0.512 e. The number of hydrogen-bond acceptors (Lipinski definition) is 4. The molecular weight excluding hydrogens is 218 g/mol. The van der Waals surface area contributed by atoms with E-state index in [-0.39, 0.29) is 17.1 Å². The van der Waals surface area contributed by atoms with Crippen molar-refractivity contribution in [3.05, 3.63) is 23.1 Å². The third kappa shape index (κ3) is 3.03. The average Bonchev–Trinajstić information content (AvgIpc) is 2.43. The van der Waals surface area contributed by atoms with Crippen LogP contribution in [0.1, 0.15) is 26.5 Å². The van der Waals surface area contributed by atoms with Gasteiger partial charge in [-0.2, -0.15) is 5.10 Å². The Kier molecular flexibility index (Phi) is 3.83. The Morgan fingerprint density at radius 3 is 2.35 bits per heavy atom. The van der Waals surface area contributed by atoms with E-state index < -0.39 is 0 Å². The first-order valence-electron chi connectivity index (χ1n) is 5.30. The molecule has 92 valence electrons. The Hall–Kier alpha value is -1.91. The molecule has 0 unspecified atom stereocenters. The van der Waals surface area contributed by atoms with E-state index in [0.29, 0.717) is 11.5 Å². The molecule has 0 bridgehead atoms. The zero-order valence-corrected chi connectivity index (χ0v) is 10.8. The third-order valence-corrected chi connectivity index (χ3v) is 2.34. The first-order chi connectivity index (χ1) is 7.82. The van der Waals surface area contributed by atoms with Gasteiger partial charge in [0.05, 0.1) is 17.0 Å². The maximum Gasteiger partial charge on any atom is 0.164 e. The zero-order valence-electron chi connectivity index (χ0n) is 10.8. The summed E-state index contributed by atoms with van der Waals surface area (Å²) in [7, 11) is 1.78. The fourth-order valence-corrected chi connectivity index (χ4v) is 1.70. The molecule has 1 heterocycles. The molecule has 0 fully saturated rings. The van der Waals surface area contributed by atoms with Crippen LogP contribution in [0.4, 0.5) is 5.82 Å². The van der Waals surface area contributed by atoms with Gasteiger partial charge in [0.25, 0.3) is 0 Å². The monoisotopic (exact) mass is 235 g/mol. The number of allylic oxidation sites excluding steroid dienone is 2. The smallest absolute Gasteiger partial charge is 0.164 e. The quantitative estimate of drug-likeness (QED) is 0.496. The van der Waals surface area contributed by atoms with Crippen molar-refractivity contribution in [1.82, 2.24) is 9.78 Å². The van der Waals surface area contributed by atoms with Gasteiger partial charge in [0, 0.05) is 13.1 Å². The van der Waals surface area contributed by atoms with Crippen molar-refractivity contribution in [3.8, 4) is 0 Å². The van der Waals surface area contributed by atoms with E-state index in [1.165, 1.54) is 13.8 Å². The Morgan fingerprint density at radius 2 is 2.00 bits per heavy atom. The SMILES string of the molecule is CC(=O)C(=C(/C)O)/C(C)=N/c1cc(C)nn1C. The first-order valence-corrected chi connectivity index (χ1v) is 5.30. The molecule has 0 radical (unpaired) electrons. The molecule has 1 aromatic heterocycles. The lowest BCUT2D eigenvalue weighted by Gasteiger charge is -2.04. The number of nitrogens with zero attached hydrogens (tertiary/aromatic N) is 3. The van der Waals surface area contributed by atoms with Gasteiger partial charge in [-0.05, 0) is 27.7 Å². The number of rotatable bonds is 3. The molecule has 0 atom stereocenters. The standard InChI is InChI=1S/C12H17N3O2/c1-7-6-11(15(5)14-7)13-8(2)12(9(3)16)10(4)17/h6,16H,1-5H3/b12-9-,13-8+. The number of aliphatic hydroxyl groups excluding tert-OH is 1. The van der Waals surface area contributed by atoms with Crippen molar-refractivity contribution < 1.29 is 9.90 Å². The lowest BCUT2D eigenvalue weighted by Crippen LogP contribution is -2.09. The average molecular weight is 235 g/mol. The van der Waals surface area contributed by atoms with E-state index in [4.69, 9.17) is 0 Å². The molecular formula is C12H17N3O2. The molecule has 0 aromatic carbocycles. The molecule has 5 nitrogen and oxygen atoms in total. The lowest BCUT2D eigenvalue weighted by atomic mass is 10.1. The molecule has 0 aliphatic rings. The normalized spacial score (nSPS) is 13.6. The van der Waals surface area contributed by atoms with Gasteiger partial charge in [0.1, 0.15) is 5.76 Å². The van der Waals surface area contributed by atoms with Crippen LogP contribution in [-0.2, 0) is 11.8 Å². The molecule has 1 aromatic rings. The van der Waals surface area contributed by atoms with Crippen LogP contribution in [0.5, 0.6) is 0 Å². The van der Waals surface area contributed by atoms with Gasteiger partial charge in [-0.25, -0.2) is 4.99 Å². The minimum atomic E-state index is -0.204. The van der Waals surface area contributed by atoms with E-state index in [1.807, 2.05) is 13.0 Å². The van der Waals surface area contributed by atoms with Crippen LogP contribution in [-0.4, -0.2) is 26.4 Å². The van der Waals surface area contributed by atoms with Gasteiger partial charge >= 0.3 is 0 Å². The number of aromatic nitrogens is 2. The highest BCUT2D eigenvalue weighted by Crippen LogP contribution is 2.15. The zero-order chi connectivity index (χ0) is 13.2. The predicted molar refractivity (Wildman–Crippen MR) is 66.7 cm³/mol. The summed E-state index contributed by atoms with van der Waals surface area (Å²) in [5, 5.41) is 13.6. The van der Waals surface area contributed by atoms with Gasteiger partial charge in [-0.15, -0.1) is 0 Å². The number of Topliss-reactive ketones (excluding diaryl/α,β-unsaturated/α-hetero) is 1. The van der Waals surface area contributed by atoms with E-state index in [1.54, 1.807) is 18.7 Å². The highest BCUT2D eigenvalue weighted by molar-refractivity contribution is 6.21. The summed E-state index contributed by atoms with van der Waals surface area (Å²) in [5.41, 5.74) is 1.59. The number of aliphatic imine (C=N–C) groups is 1. The number of carbonyl (C=O) groups excluding carboxylic acids is 1. The number of ketones is 1. The van der Waals surface area contributed by atoms with Gasteiger partial charge in [0.2, 0.25) is 0 Å². The molecule has 1 N–H and O–H groups in total. The van der Waals surface area contributed by atoms with Gasteiger partial charge in [-0.3, -0.25) is 9.48 Å². The molecule has 0 saturated heterocycles. The summed E-state index contributed by atoms with van der Waals surface area (Å²) >= 11 is 0. The number of hydrogen-bond donors (Lipinski definition) is 1. The van der Waals surface area contributed by atoms with Crippen LogP contribution in [0.3, 0.4) is 0 Å². The van der Waals surface area contributed by atoms with Crippen LogP contribution in [0.15, 0.2) is 22.4 Å². The van der Waals surface area contributed by atoms with Crippen molar-refractivity contribution in [2.45, 2.75) is 27.7 Å².